The zero-order valence-electron chi connectivity index (χ0n) is 21.3. The van der Waals surface area contributed by atoms with E-state index in [0.29, 0.717) is 26.0 Å². The first-order valence-corrected chi connectivity index (χ1v) is 12.1. The number of aryl methyl sites for hydroxylation is 1. The molecule has 1 aromatic rings. The van der Waals surface area contributed by atoms with E-state index in [-0.39, 0.29) is 17.7 Å². The smallest absolute Gasteiger partial charge is 0.303 e. The zero-order valence-corrected chi connectivity index (χ0v) is 22.0. The van der Waals surface area contributed by atoms with Gasteiger partial charge in [0.05, 0.1) is 6.61 Å². The summed E-state index contributed by atoms with van der Waals surface area (Å²) in [5.41, 5.74) is 2.37. The van der Waals surface area contributed by atoms with Crippen molar-refractivity contribution in [3.05, 3.63) is 46.1 Å². The Labute approximate surface area is 204 Å². The molecule has 0 aliphatic carbocycles. The molecule has 1 N–H and O–H groups in total. The van der Waals surface area contributed by atoms with Gasteiger partial charge in [-0.15, -0.1) is 0 Å². The van der Waals surface area contributed by atoms with Crippen LogP contribution in [0.15, 0.2) is 30.0 Å². The van der Waals surface area contributed by atoms with E-state index in [4.69, 9.17) is 16.3 Å². The molecule has 1 aliphatic rings. The number of methoxy groups -OCH3 is 1. The SMILES string of the molecule is COCCN1C=C(C(C)(C)CCC(=O)O)C(C)(c2ccc(CCC(C)(C)C)c(Cl)c2)CC1=O. The molecular formula is C27H40ClNO4. The number of halogens is 1. The summed E-state index contributed by atoms with van der Waals surface area (Å²) >= 11 is 6.73. The maximum absolute atomic E-state index is 13.1. The molecule has 5 nitrogen and oxygen atoms in total. The van der Waals surface area contributed by atoms with Crippen LogP contribution >= 0.6 is 11.6 Å². The van der Waals surface area contributed by atoms with Gasteiger partial charge in [0, 0.05) is 43.1 Å². The highest BCUT2D eigenvalue weighted by Gasteiger charge is 2.45. The van der Waals surface area contributed by atoms with Crippen molar-refractivity contribution in [2.75, 3.05) is 20.3 Å². The largest absolute Gasteiger partial charge is 0.481 e. The van der Waals surface area contributed by atoms with Gasteiger partial charge in [0.25, 0.3) is 0 Å². The van der Waals surface area contributed by atoms with E-state index in [1.807, 2.05) is 12.3 Å². The molecule has 0 spiro atoms. The third-order valence-corrected chi connectivity index (χ3v) is 7.12. The minimum Gasteiger partial charge on any atom is -0.481 e. The van der Waals surface area contributed by atoms with Crippen molar-refractivity contribution < 1.29 is 19.4 Å². The molecule has 2 rings (SSSR count). The number of amides is 1. The summed E-state index contributed by atoms with van der Waals surface area (Å²) in [6.07, 6.45) is 4.71. The summed E-state index contributed by atoms with van der Waals surface area (Å²) in [7, 11) is 1.61. The fourth-order valence-corrected chi connectivity index (χ4v) is 4.86. The molecule has 0 fully saturated rings. The highest BCUT2D eigenvalue weighted by atomic mass is 35.5. The van der Waals surface area contributed by atoms with Gasteiger partial charge in [-0.1, -0.05) is 65.3 Å². The zero-order chi connectivity index (χ0) is 25.0. The fraction of sp³-hybridized carbons (Fsp3) is 0.630. The monoisotopic (exact) mass is 477 g/mol. The number of aliphatic carboxylic acids is 1. The maximum atomic E-state index is 13.1. The van der Waals surface area contributed by atoms with Gasteiger partial charge in [-0.25, -0.2) is 0 Å². The Morgan fingerprint density at radius 2 is 1.88 bits per heavy atom. The van der Waals surface area contributed by atoms with Crippen molar-refractivity contribution in [1.82, 2.24) is 4.90 Å². The number of hydrogen-bond donors (Lipinski definition) is 1. The second-order valence-corrected chi connectivity index (χ2v) is 11.7. The van der Waals surface area contributed by atoms with Crippen molar-refractivity contribution >= 4 is 23.5 Å². The molecule has 1 unspecified atom stereocenters. The van der Waals surface area contributed by atoms with E-state index in [9.17, 15) is 14.7 Å². The third-order valence-electron chi connectivity index (χ3n) is 6.77. The number of benzene rings is 1. The predicted molar refractivity (Wildman–Crippen MR) is 134 cm³/mol. The Morgan fingerprint density at radius 3 is 2.42 bits per heavy atom. The number of ether oxygens (including phenoxy) is 1. The molecule has 0 bridgehead atoms. The third kappa shape index (κ3) is 7.07. The number of hydrogen-bond acceptors (Lipinski definition) is 3. The number of rotatable bonds is 10. The number of carbonyl (C=O) groups is 2. The van der Waals surface area contributed by atoms with Crippen LogP contribution < -0.4 is 0 Å². The average molecular weight is 478 g/mol. The summed E-state index contributed by atoms with van der Waals surface area (Å²) in [6, 6.07) is 6.17. The van der Waals surface area contributed by atoms with Crippen LogP contribution in [-0.2, 0) is 26.2 Å². The number of carboxylic acid groups (broad SMARTS) is 1. The summed E-state index contributed by atoms with van der Waals surface area (Å²) < 4.78 is 5.19. The van der Waals surface area contributed by atoms with Crippen LogP contribution in [0.5, 0.6) is 0 Å². The molecule has 0 aromatic heterocycles. The molecule has 1 aliphatic heterocycles. The van der Waals surface area contributed by atoms with Crippen molar-refractivity contribution in [2.24, 2.45) is 10.8 Å². The van der Waals surface area contributed by atoms with Gasteiger partial charge in [0.2, 0.25) is 5.91 Å². The van der Waals surface area contributed by atoms with Crippen molar-refractivity contribution in [2.45, 2.75) is 79.1 Å². The molecule has 0 radical (unpaired) electrons. The van der Waals surface area contributed by atoms with Crippen LogP contribution in [-0.4, -0.2) is 42.1 Å². The Balaban J connectivity index is 2.49. The lowest BCUT2D eigenvalue weighted by Crippen LogP contribution is -2.45. The Morgan fingerprint density at radius 1 is 1.21 bits per heavy atom. The van der Waals surface area contributed by atoms with Gasteiger partial charge in [-0.05, 0) is 52.9 Å². The molecule has 1 heterocycles. The van der Waals surface area contributed by atoms with E-state index in [2.05, 4.69) is 53.7 Å². The van der Waals surface area contributed by atoms with Gasteiger partial charge >= 0.3 is 5.97 Å². The van der Waals surface area contributed by atoms with Gasteiger partial charge in [-0.2, -0.15) is 0 Å². The van der Waals surface area contributed by atoms with Crippen LogP contribution in [0.25, 0.3) is 0 Å². The Hall–Kier alpha value is -1.85. The first-order chi connectivity index (χ1) is 15.2. The molecule has 33 heavy (non-hydrogen) atoms. The quantitative estimate of drug-likeness (QED) is 0.433. The van der Waals surface area contributed by atoms with E-state index in [1.165, 1.54) is 0 Å². The van der Waals surface area contributed by atoms with Crippen molar-refractivity contribution in [3.63, 3.8) is 0 Å². The van der Waals surface area contributed by atoms with Gasteiger partial charge < -0.3 is 14.7 Å². The van der Waals surface area contributed by atoms with Crippen LogP contribution in [0.2, 0.25) is 5.02 Å². The second-order valence-electron chi connectivity index (χ2n) is 11.3. The van der Waals surface area contributed by atoms with Gasteiger partial charge in [-0.3, -0.25) is 9.59 Å². The number of allylic oxidation sites excluding steroid dienone is 1. The van der Waals surface area contributed by atoms with Gasteiger partial charge in [0.15, 0.2) is 0 Å². The first kappa shape index (κ1) is 27.4. The van der Waals surface area contributed by atoms with E-state index in [0.717, 1.165) is 34.6 Å². The topological polar surface area (TPSA) is 66.8 Å². The summed E-state index contributed by atoms with van der Waals surface area (Å²) in [5.74, 6) is -0.792. The maximum Gasteiger partial charge on any atom is 0.303 e. The standard InChI is InChI=1S/C27H40ClNO4/c1-25(2,3)12-10-19-8-9-20(16-21(19)28)27(6)17-23(30)29(14-15-33-7)18-22(27)26(4,5)13-11-24(31)32/h8-9,16,18H,10-15,17H2,1-7H3,(H,31,32). The molecule has 0 saturated heterocycles. The van der Waals surface area contributed by atoms with Crippen molar-refractivity contribution in [3.8, 4) is 0 Å². The van der Waals surface area contributed by atoms with E-state index in [1.54, 1.807) is 12.0 Å². The molecule has 1 atom stereocenters. The molecule has 1 aromatic carbocycles. The lowest BCUT2D eigenvalue weighted by molar-refractivity contribution is -0.137. The lowest BCUT2D eigenvalue weighted by atomic mass is 9.61. The Kier molecular flexibility index (Phi) is 8.80. The lowest BCUT2D eigenvalue weighted by Gasteiger charge is -2.46. The second kappa shape index (κ2) is 10.6. The normalized spacial score (nSPS) is 19.6. The highest BCUT2D eigenvalue weighted by molar-refractivity contribution is 6.31. The van der Waals surface area contributed by atoms with Crippen LogP contribution in [0.3, 0.4) is 0 Å². The fourth-order valence-electron chi connectivity index (χ4n) is 4.58. The first-order valence-electron chi connectivity index (χ1n) is 11.7. The Bertz CT molecular complexity index is 900. The summed E-state index contributed by atoms with van der Waals surface area (Å²) in [6.45, 7) is 13.8. The summed E-state index contributed by atoms with van der Waals surface area (Å²) in [4.78, 5) is 26.1. The highest BCUT2D eigenvalue weighted by Crippen LogP contribution is 2.49. The van der Waals surface area contributed by atoms with Crippen molar-refractivity contribution in [1.29, 1.82) is 0 Å². The number of carbonyl (C=O) groups excluding carboxylic acids is 1. The number of carboxylic acids is 1. The molecule has 184 valence electrons. The van der Waals surface area contributed by atoms with E-state index < -0.39 is 16.8 Å². The minimum absolute atomic E-state index is 0.0280. The van der Waals surface area contributed by atoms with Crippen LogP contribution in [0.1, 0.15) is 78.4 Å². The molecule has 0 saturated carbocycles. The van der Waals surface area contributed by atoms with Crippen LogP contribution in [0, 0.1) is 10.8 Å². The van der Waals surface area contributed by atoms with Crippen LogP contribution in [0.4, 0.5) is 0 Å². The summed E-state index contributed by atoms with van der Waals surface area (Å²) in [5, 5.41) is 10.0. The molecular weight excluding hydrogens is 438 g/mol. The predicted octanol–water partition coefficient (Wildman–Crippen LogP) is 6.23. The number of nitrogens with zero attached hydrogens (tertiary/aromatic N) is 1. The molecule has 1 amide bonds. The minimum atomic E-state index is -0.820. The average Bonchev–Trinajstić information content (AvgIpc) is 2.70. The van der Waals surface area contributed by atoms with E-state index >= 15 is 0 Å². The van der Waals surface area contributed by atoms with Gasteiger partial charge in [0.1, 0.15) is 0 Å². The molecule has 6 heteroatoms.